The van der Waals surface area contributed by atoms with Crippen LogP contribution in [0.5, 0.6) is 0 Å². The Morgan fingerprint density at radius 3 is 2.42 bits per heavy atom. The molecule has 2 rings (SSSR count). The van der Waals surface area contributed by atoms with Crippen LogP contribution in [0.3, 0.4) is 0 Å². The summed E-state index contributed by atoms with van der Waals surface area (Å²) in [5, 5.41) is 0. The Labute approximate surface area is 149 Å². The summed E-state index contributed by atoms with van der Waals surface area (Å²) in [6.45, 7) is 5.24. The van der Waals surface area contributed by atoms with Crippen LogP contribution in [0.15, 0.2) is 33.6 Å². The highest BCUT2D eigenvalue weighted by Crippen LogP contribution is 2.24. The molecule has 0 spiro atoms. The molecule has 130 valence electrons. The summed E-state index contributed by atoms with van der Waals surface area (Å²) in [7, 11) is -3.87. The number of esters is 1. The van der Waals surface area contributed by atoms with E-state index < -0.39 is 16.0 Å². The third kappa shape index (κ3) is 4.06. The van der Waals surface area contributed by atoms with Gasteiger partial charge in [-0.2, -0.15) is 0 Å². The Morgan fingerprint density at radius 1 is 1.21 bits per heavy atom. The average Bonchev–Trinajstić information content (AvgIpc) is 2.82. The van der Waals surface area contributed by atoms with Gasteiger partial charge < -0.3 is 9.72 Å². The molecule has 1 aromatic heterocycles. The van der Waals surface area contributed by atoms with E-state index in [-0.39, 0.29) is 23.6 Å². The van der Waals surface area contributed by atoms with Crippen LogP contribution in [0.2, 0.25) is 0 Å². The van der Waals surface area contributed by atoms with Gasteiger partial charge in [0.15, 0.2) is 0 Å². The second kappa shape index (κ2) is 7.50. The van der Waals surface area contributed by atoms with E-state index in [0.29, 0.717) is 11.4 Å². The molecule has 0 fully saturated rings. The number of aromatic amines is 1. The standard InChI is InChI=1S/C16H19BrN2O4S/c1-4-23-16(20)14-10(2)19-11(3)15(14)24(21,22)18-9-12-5-7-13(17)8-6-12/h5-8,18-19H,4,9H2,1-3H3. The van der Waals surface area contributed by atoms with E-state index in [4.69, 9.17) is 4.74 Å². The van der Waals surface area contributed by atoms with Crippen molar-refractivity contribution in [3.8, 4) is 0 Å². The highest BCUT2D eigenvalue weighted by molar-refractivity contribution is 9.10. The number of benzene rings is 1. The number of H-pyrrole nitrogens is 1. The van der Waals surface area contributed by atoms with Crippen molar-refractivity contribution in [2.75, 3.05) is 6.61 Å². The molecular weight excluding hydrogens is 396 g/mol. The summed E-state index contributed by atoms with van der Waals surface area (Å²) < 4.78 is 33.8. The Hall–Kier alpha value is -1.64. The highest BCUT2D eigenvalue weighted by Gasteiger charge is 2.29. The fraction of sp³-hybridized carbons (Fsp3) is 0.312. The first-order valence-corrected chi connectivity index (χ1v) is 9.64. The number of aromatic nitrogens is 1. The zero-order valence-corrected chi connectivity index (χ0v) is 16.0. The molecule has 2 N–H and O–H groups in total. The van der Waals surface area contributed by atoms with Gasteiger partial charge in [-0.1, -0.05) is 28.1 Å². The number of sulfonamides is 1. The van der Waals surface area contributed by atoms with Gasteiger partial charge in [-0.15, -0.1) is 0 Å². The molecule has 0 aliphatic rings. The highest BCUT2D eigenvalue weighted by atomic mass is 79.9. The number of hydrogen-bond acceptors (Lipinski definition) is 4. The third-order valence-corrected chi connectivity index (χ3v) is 5.55. The fourth-order valence-electron chi connectivity index (χ4n) is 2.40. The molecule has 0 amide bonds. The number of carbonyl (C=O) groups is 1. The Kier molecular flexibility index (Phi) is 5.84. The zero-order valence-electron chi connectivity index (χ0n) is 13.6. The van der Waals surface area contributed by atoms with Crippen LogP contribution in [-0.4, -0.2) is 26.0 Å². The molecule has 1 aromatic carbocycles. The summed E-state index contributed by atoms with van der Waals surface area (Å²) in [6, 6.07) is 7.29. The Bertz CT molecular complexity index is 842. The molecular formula is C16H19BrN2O4S. The molecule has 0 radical (unpaired) electrons. The van der Waals surface area contributed by atoms with E-state index >= 15 is 0 Å². The maximum Gasteiger partial charge on any atom is 0.341 e. The maximum atomic E-state index is 12.7. The largest absolute Gasteiger partial charge is 0.462 e. The van der Waals surface area contributed by atoms with E-state index in [2.05, 4.69) is 25.6 Å². The summed E-state index contributed by atoms with van der Waals surface area (Å²) in [5.41, 5.74) is 1.73. The SMILES string of the molecule is CCOC(=O)c1c(C)[nH]c(C)c1S(=O)(=O)NCc1ccc(Br)cc1. The predicted octanol–water partition coefficient (Wildman–Crippen LogP) is 3.05. The van der Waals surface area contributed by atoms with E-state index in [1.807, 2.05) is 24.3 Å². The smallest absolute Gasteiger partial charge is 0.341 e. The van der Waals surface area contributed by atoms with Gasteiger partial charge >= 0.3 is 5.97 Å². The molecule has 24 heavy (non-hydrogen) atoms. The van der Waals surface area contributed by atoms with Crippen molar-refractivity contribution in [1.29, 1.82) is 0 Å². The van der Waals surface area contributed by atoms with E-state index in [1.54, 1.807) is 20.8 Å². The van der Waals surface area contributed by atoms with Crippen molar-refractivity contribution in [1.82, 2.24) is 9.71 Å². The van der Waals surface area contributed by atoms with E-state index in [0.717, 1.165) is 10.0 Å². The fourth-order valence-corrected chi connectivity index (χ4v) is 4.12. The number of halogens is 1. The second-order valence-corrected chi connectivity index (χ2v) is 7.87. The van der Waals surface area contributed by atoms with Crippen LogP contribution in [0, 0.1) is 13.8 Å². The first-order valence-electron chi connectivity index (χ1n) is 7.36. The van der Waals surface area contributed by atoms with Crippen molar-refractivity contribution in [2.24, 2.45) is 0 Å². The van der Waals surface area contributed by atoms with Gasteiger partial charge in [0, 0.05) is 22.4 Å². The van der Waals surface area contributed by atoms with Gasteiger partial charge in [0.1, 0.15) is 10.5 Å². The van der Waals surface area contributed by atoms with Crippen LogP contribution >= 0.6 is 15.9 Å². The van der Waals surface area contributed by atoms with Crippen LogP contribution in [0.4, 0.5) is 0 Å². The molecule has 1 heterocycles. The average molecular weight is 415 g/mol. The number of carbonyl (C=O) groups excluding carboxylic acids is 1. The van der Waals surface area contributed by atoms with Gasteiger partial charge in [0.25, 0.3) is 0 Å². The molecule has 0 unspecified atom stereocenters. The maximum absolute atomic E-state index is 12.7. The minimum atomic E-state index is -3.87. The number of aryl methyl sites for hydroxylation is 2. The lowest BCUT2D eigenvalue weighted by molar-refractivity contribution is 0.0521. The van der Waals surface area contributed by atoms with Crippen LogP contribution in [0.1, 0.15) is 34.2 Å². The number of nitrogens with one attached hydrogen (secondary N) is 2. The minimum absolute atomic E-state index is 0.0534. The topological polar surface area (TPSA) is 88.3 Å². The van der Waals surface area contributed by atoms with Crippen LogP contribution < -0.4 is 4.72 Å². The quantitative estimate of drug-likeness (QED) is 0.710. The minimum Gasteiger partial charge on any atom is -0.462 e. The number of hydrogen-bond donors (Lipinski definition) is 2. The summed E-state index contributed by atoms with van der Waals surface area (Å²) in [4.78, 5) is 15.0. The molecule has 0 atom stereocenters. The monoisotopic (exact) mass is 414 g/mol. The van der Waals surface area contributed by atoms with E-state index in [9.17, 15) is 13.2 Å². The Morgan fingerprint density at radius 2 is 1.83 bits per heavy atom. The first-order chi connectivity index (χ1) is 11.3. The van der Waals surface area contributed by atoms with Gasteiger partial charge in [-0.25, -0.2) is 17.9 Å². The summed E-state index contributed by atoms with van der Waals surface area (Å²) >= 11 is 3.33. The molecule has 0 bridgehead atoms. The molecule has 6 nitrogen and oxygen atoms in total. The lowest BCUT2D eigenvalue weighted by Crippen LogP contribution is -2.25. The third-order valence-electron chi connectivity index (χ3n) is 3.45. The molecule has 0 saturated carbocycles. The normalized spacial score (nSPS) is 11.5. The van der Waals surface area contributed by atoms with Crippen molar-refractivity contribution in [3.05, 3.63) is 51.3 Å². The molecule has 8 heteroatoms. The van der Waals surface area contributed by atoms with Crippen LogP contribution in [-0.2, 0) is 21.3 Å². The van der Waals surface area contributed by atoms with Crippen molar-refractivity contribution in [2.45, 2.75) is 32.2 Å². The lowest BCUT2D eigenvalue weighted by atomic mass is 10.2. The second-order valence-electron chi connectivity index (χ2n) is 5.25. The summed E-state index contributed by atoms with van der Waals surface area (Å²) in [5.74, 6) is -0.650. The Balaban J connectivity index is 2.32. The molecule has 0 aliphatic carbocycles. The predicted molar refractivity (Wildman–Crippen MR) is 94.4 cm³/mol. The van der Waals surface area contributed by atoms with Gasteiger partial charge in [-0.05, 0) is 38.5 Å². The van der Waals surface area contributed by atoms with Crippen molar-refractivity contribution < 1.29 is 17.9 Å². The molecule has 0 saturated heterocycles. The van der Waals surface area contributed by atoms with Crippen molar-refractivity contribution in [3.63, 3.8) is 0 Å². The number of rotatable bonds is 6. The van der Waals surface area contributed by atoms with Gasteiger partial charge in [0.05, 0.1) is 6.61 Å². The lowest BCUT2D eigenvalue weighted by Gasteiger charge is -2.09. The first kappa shape index (κ1) is 18.7. The zero-order chi connectivity index (χ0) is 17.9. The van der Waals surface area contributed by atoms with Gasteiger partial charge in [-0.3, -0.25) is 0 Å². The molecule has 0 aliphatic heterocycles. The summed E-state index contributed by atoms with van der Waals surface area (Å²) in [6.07, 6.45) is 0. The van der Waals surface area contributed by atoms with Gasteiger partial charge in [0.2, 0.25) is 10.0 Å². The van der Waals surface area contributed by atoms with Crippen molar-refractivity contribution >= 4 is 31.9 Å². The van der Waals surface area contributed by atoms with Crippen LogP contribution in [0.25, 0.3) is 0 Å². The van der Waals surface area contributed by atoms with E-state index in [1.165, 1.54) is 0 Å². The number of ether oxygens (including phenoxy) is 1. The molecule has 2 aromatic rings.